The van der Waals surface area contributed by atoms with Gasteiger partial charge in [-0.3, -0.25) is 0 Å². The van der Waals surface area contributed by atoms with Crippen molar-refractivity contribution in [3.05, 3.63) is 98.6 Å². The summed E-state index contributed by atoms with van der Waals surface area (Å²) < 4.78 is 19.0. The van der Waals surface area contributed by atoms with Gasteiger partial charge in [0.15, 0.2) is 11.5 Å². The molecule has 0 bridgehead atoms. The second-order valence-electron chi connectivity index (χ2n) is 15.4. The first kappa shape index (κ1) is 36.9. The number of hydrogen-bond donors (Lipinski definition) is 3. The molecule has 0 saturated heterocycles. The van der Waals surface area contributed by atoms with E-state index in [-0.39, 0.29) is 34.7 Å². The van der Waals surface area contributed by atoms with Crippen LogP contribution in [0.3, 0.4) is 0 Å². The molecule has 8 heteroatoms. The number of methoxy groups -OCH3 is 1. The molecule has 0 spiro atoms. The molecular formula is C43H56N2O6+2. The molecule has 3 aliphatic heterocycles. The molecule has 0 fully saturated rings. The summed E-state index contributed by atoms with van der Waals surface area (Å²) >= 11 is 0. The number of benzene rings is 4. The number of aliphatic hydroxyl groups is 3. The lowest BCUT2D eigenvalue weighted by molar-refractivity contribution is -0.923. The zero-order valence-corrected chi connectivity index (χ0v) is 29.3. The maximum Gasteiger partial charge on any atom is 0.231 e. The fourth-order valence-corrected chi connectivity index (χ4v) is 9.31. The monoisotopic (exact) mass is 696 g/mol. The van der Waals surface area contributed by atoms with E-state index in [1.165, 1.54) is 51.1 Å². The minimum atomic E-state index is -0.113. The Morgan fingerprint density at radius 3 is 1.96 bits per heavy atom. The van der Waals surface area contributed by atoms with Gasteiger partial charge in [0.05, 0.1) is 68.2 Å². The van der Waals surface area contributed by atoms with Crippen LogP contribution in [-0.2, 0) is 45.5 Å². The first-order valence-corrected chi connectivity index (χ1v) is 17.5. The van der Waals surface area contributed by atoms with Gasteiger partial charge in [0.25, 0.3) is 0 Å². The molecule has 0 unspecified atom stereocenters. The molecule has 0 saturated carbocycles. The van der Waals surface area contributed by atoms with Crippen molar-refractivity contribution in [1.29, 1.82) is 0 Å². The van der Waals surface area contributed by atoms with E-state index in [4.69, 9.17) is 14.2 Å². The van der Waals surface area contributed by atoms with Gasteiger partial charge in [-0.05, 0) is 68.3 Å². The third-order valence-electron chi connectivity index (χ3n) is 12.1. The number of nitrogens with zero attached hydrogens (tertiary/aromatic N) is 2. The highest BCUT2D eigenvalue weighted by Crippen LogP contribution is 2.55. The minimum Gasteiger partial charge on any atom is -0.496 e. The third-order valence-corrected chi connectivity index (χ3v) is 12.1. The van der Waals surface area contributed by atoms with E-state index in [1.54, 1.807) is 7.11 Å². The highest BCUT2D eigenvalue weighted by atomic mass is 16.7. The molecule has 51 heavy (non-hydrogen) atoms. The van der Waals surface area contributed by atoms with E-state index in [0.717, 1.165) is 80.5 Å². The number of aliphatic hydroxyl groups excluding tert-OH is 3. The van der Waals surface area contributed by atoms with Gasteiger partial charge in [0.1, 0.15) is 17.8 Å². The van der Waals surface area contributed by atoms with Gasteiger partial charge in [-0.1, -0.05) is 45.2 Å². The Kier molecular flexibility index (Phi) is 9.80. The number of rotatable bonds is 4. The molecule has 0 aromatic heterocycles. The van der Waals surface area contributed by atoms with E-state index in [9.17, 15) is 15.3 Å². The summed E-state index contributed by atoms with van der Waals surface area (Å²) in [4.78, 5) is 0. The lowest BCUT2D eigenvalue weighted by Crippen LogP contribution is -2.49. The summed E-state index contributed by atoms with van der Waals surface area (Å²) in [6.45, 7) is 2.27. The first-order valence-electron chi connectivity index (χ1n) is 17.5. The number of ether oxygens (including phenoxy) is 3. The lowest BCUT2D eigenvalue weighted by atomic mass is 9.73. The van der Waals surface area contributed by atoms with Crippen LogP contribution in [0.4, 0.5) is 0 Å². The predicted molar refractivity (Wildman–Crippen MR) is 202 cm³/mol. The topological polar surface area (TPSA) is 88.4 Å². The second kappa shape index (κ2) is 13.6. The third kappa shape index (κ3) is 5.72. The summed E-state index contributed by atoms with van der Waals surface area (Å²) in [6, 6.07) is 17.9. The van der Waals surface area contributed by atoms with Crippen molar-refractivity contribution in [3.8, 4) is 39.5 Å². The fraction of sp³-hybridized carbons (Fsp3) is 0.442. The Hall–Kier alpha value is -3.92. The van der Waals surface area contributed by atoms with E-state index < -0.39 is 0 Å². The Bertz CT molecular complexity index is 1980. The standard InChI is InChI=1S/C22H28NO4.C19H20NO2.2CH4/c1-23(2)5-4-13-6-15(10-24)18(12-26)22-17-7-16(11-25)20(27-3)9-14(17)8-19(23)21(13)22;1-20(2)8-7-13-10-16-19(22-11-21-16)18-14-6-4-3-5-12(14)9-15(20)17(13)18;;/h6-7,9,19,24-26H,4-5,8,10-12H2,1-3H3;3-6,10,15H,7-9,11H2,1-2H3;2*1H4/q2*+1;;/t19-;15-;;/m11../s1. The maximum absolute atomic E-state index is 10.2. The van der Waals surface area contributed by atoms with Crippen LogP contribution in [-0.4, -0.2) is 79.5 Å². The van der Waals surface area contributed by atoms with E-state index in [0.29, 0.717) is 24.6 Å². The van der Waals surface area contributed by atoms with Crippen LogP contribution in [0, 0.1) is 0 Å². The zero-order chi connectivity index (χ0) is 34.2. The molecule has 5 aliphatic rings. The highest BCUT2D eigenvalue weighted by molar-refractivity contribution is 5.84. The van der Waals surface area contributed by atoms with E-state index in [1.807, 2.05) is 12.1 Å². The number of hydrogen-bond acceptors (Lipinski definition) is 6. The molecule has 8 nitrogen and oxygen atoms in total. The molecule has 0 radical (unpaired) electrons. The van der Waals surface area contributed by atoms with Crippen LogP contribution in [0.5, 0.6) is 17.2 Å². The van der Waals surface area contributed by atoms with E-state index >= 15 is 0 Å². The molecule has 4 aromatic carbocycles. The van der Waals surface area contributed by atoms with Crippen LogP contribution in [0.25, 0.3) is 22.3 Å². The average molecular weight is 697 g/mol. The Morgan fingerprint density at radius 1 is 0.686 bits per heavy atom. The van der Waals surface area contributed by atoms with E-state index in [2.05, 4.69) is 64.6 Å². The van der Waals surface area contributed by atoms with Crippen molar-refractivity contribution >= 4 is 0 Å². The van der Waals surface area contributed by atoms with Gasteiger partial charge in [-0.25, -0.2) is 0 Å². The van der Waals surface area contributed by atoms with Crippen LogP contribution in [0.15, 0.2) is 48.5 Å². The largest absolute Gasteiger partial charge is 0.496 e. The Labute approximate surface area is 303 Å². The predicted octanol–water partition coefficient (Wildman–Crippen LogP) is 6.65. The van der Waals surface area contributed by atoms with Crippen LogP contribution < -0.4 is 14.2 Å². The normalized spacial score (nSPS) is 20.2. The smallest absolute Gasteiger partial charge is 0.231 e. The second-order valence-corrected chi connectivity index (χ2v) is 15.4. The number of quaternary nitrogens is 2. The Morgan fingerprint density at radius 2 is 1.31 bits per heavy atom. The lowest BCUT2D eigenvalue weighted by Gasteiger charge is -2.46. The summed E-state index contributed by atoms with van der Waals surface area (Å²) in [7, 11) is 10.9. The molecule has 2 aliphatic carbocycles. The van der Waals surface area contributed by atoms with Crippen molar-refractivity contribution in [2.75, 3.05) is 55.2 Å². The maximum atomic E-state index is 10.2. The van der Waals surface area contributed by atoms with Gasteiger partial charge >= 0.3 is 0 Å². The SMILES string of the molecule is C.C.COc1cc2c(cc1CO)-c1c(CO)c(CO)cc3c1[C@@H](C2)[N+](C)(C)CC3.C[N+]1(C)CCc2cc3c(c4c2[C@H]1Cc1ccccc1-4)OCO3. The molecule has 4 aromatic rings. The van der Waals surface area contributed by atoms with Crippen LogP contribution >= 0.6 is 0 Å². The summed E-state index contributed by atoms with van der Waals surface area (Å²) in [5, 5.41) is 29.9. The van der Waals surface area contributed by atoms with Crippen molar-refractivity contribution < 1.29 is 38.5 Å². The summed E-state index contributed by atoms with van der Waals surface area (Å²) in [6.07, 6.45) is 4.09. The molecule has 9 rings (SSSR count). The highest BCUT2D eigenvalue weighted by Gasteiger charge is 2.45. The van der Waals surface area contributed by atoms with Crippen molar-refractivity contribution in [2.45, 2.75) is 72.4 Å². The van der Waals surface area contributed by atoms with Crippen LogP contribution in [0.2, 0.25) is 0 Å². The average Bonchev–Trinajstić information content (AvgIpc) is 3.59. The molecular weight excluding hydrogens is 640 g/mol. The van der Waals surface area contributed by atoms with Gasteiger partial charge < -0.3 is 38.5 Å². The van der Waals surface area contributed by atoms with Crippen LogP contribution in [0.1, 0.15) is 77.0 Å². The molecule has 3 N–H and O–H groups in total. The first-order chi connectivity index (χ1) is 23.6. The Balaban J connectivity index is 0.000000172. The van der Waals surface area contributed by atoms with Gasteiger partial charge in [0.2, 0.25) is 6.79 Å². The molecule has 2 atom stereocenters. The van der Waals surface area contributed by atoms with Crippen molar-refractivity contribution in [2.24, 2.45) is 0 Å². The fourth-order valence-electron chi connectivity index (χ4n) is 9.31. The number of fused-ring (bicyclic) bond motifs is 6. The van der Waals surface area contributed by atoms with Crippen molar-refractivity contribution in [1.82, 2.24) is 0 Å². The zero-order valence-electron chi connectivity index (χ0n) is 29.3. The van der Waals surface area contributed by atoms with Gasteiger partial charge in [-0.2, -0.15) is 0 Å². The van der Waals surface area contributed by atoms with Gasteiger partial charge in [0, 0.05) is 47.9 Å². The number of likely N-dealkylation sites (N-methyl/N-ethyl adjacent to an activating group) is 2. The van der Waals surface area contributed by atoms with Gasteiger partial charge in [-0.15, -0.1) is 0 Å². The quantitative estimate of drug-likeness (QED) is 0.207. The van der Waals surface area contributed by atoms with Crippen molar-refractivity contribution in [3.63, 3.8) is 0 Å². The molecule has 3 heterocycles. The minimum absolute atomic E-state index is 0. The summed E-state index contributed by atoms with van der Waals surface area (Å²) in [5.41, 5.74) is 15.2. The molecule has 272 valence electrons. The molecule has 0 amide bonds. The summed E-state index contributed by atoms with van der Waals surface area (Å²) in [5.74, 6) is 2.58.